The summed E-state index contributed by atoms with van der Waals surface area (Å²) >= 11 is 0. The Morgan fingerprint density at radius 2 is 1.96 bits per heavy atom. The van der Waals surface area contributed by atoms with E-state index in [0.29, 0.717) is 5.82 Å². The van der Waals surface area contributed by atoms with E-state index < -0.39 is 0 Å². The predicted molar refractivity (Wildman–Crippen MR) is 98.2 cm³/mol. The number of rotatable bonds is 3. The van der Waals surface area contributed by atoms with Crippen molar-refractivity contribution < 1.29 is 4.79 Å². The van der Waals surface area contributed by atoms with E-state index in [1.54, 1.807) is 12.4 Å². The van der Waals surface area contributed by atoms with Crippen LogP contribution in [0.1, 0.15) is 12.8 Å². The van der Waals surface area contributed by atoms with Crippen LogP contribution < -0.4 is 5.32 Å². The van der Waals surface area contributed by atoms with E-state index in [1.165, 1.54) is 0 Å². The number of amides is 1. The average molecular weight is 335 g/mol. The Morgan fingerprint density at radius 1 is 1.20 bits per heavy atom. The second-order valence-electron chi connectivity index (χ2n) is 6.60. The van der Waals surface area contributed by atoms with Crippen LogP contribution in [0.5, 0.6) is 0 Å². The zero-order chi connectivity index (χ0) is 17.2. The van der Waals surface area contributed by atoms with Crippen molar-refractivity contribution in [2.24, 2.45) is 5.92 Å². The van der Waals surface area contributed by atoms with E-state index in [4.69, 9.17) is 0 Å². The molecule has 0 radical (unpaired) electrons. The molecule has 0 atom stereocenters. The van der Waals surface area contributed by atoms with Gasteiger partial charge in [-0.15, -0.1) is 0 Å². The molecule has 6 nitrogen and oxygen atoms in total. The van der Waals surface area contributed by atoms with E-state index in [-0.39, 0.29) is 11.8 Å². The first-order valence-corrected chi connectivity index (χ1v) is 8.58. The zero-order valence-electron chi connectivity index (χ0n) is 14.2. The Labute approximate surface area is 146 Å². The highest BCUT2D eigenvalue weighted by molar-refractivity contribution is 5.96. The molecule has 3 aromatic rings. The number of nitrogens with zero attached hydrogens (tertiary/aromatic N) is 3. The van der Waals surface area contributed by atoms with Gasteiger partial charge in [0.05, 0.1) is 0 Å². The number of H-pyrrole nitrogens is 1. The molecule has 128 valence electrons. The first kappa shape index (κ1) is 15.8. The van der Waals surface area contributed by atoms with Crippen molar-refractivity contribution in [3.8, 4) is 11.1 Å². The molecule has 0 bridgehead atoms. The Kier molecular flexibility index (Phi) is 4.19. The van der Waals surface area contributed by atoms with Crippen LogP contribution in [0.4, 0.5) is 5.82 Å². The molecule has 1 aliphatic heterocycles. The molecule has 1 amide bonds. The van der Waals surface area contributed by atoms with Crippen LogP contribution in [0.3, 0.4) is 0 Å². The van der Waals surface area contributed by atoms with Gasteiger partial charge in [-0.05, 0) is 62.8 Å². The van der Waals surface area contributed by atoms with Crippen LogP contribution >= 0.6 is 0 Å². The third kappa shape index (κ3) is 3.25. The molecule has 0 unspecified atom stereocenters. The van der Waals surface area contributed by atoms with Crippen LogP contribution in [-0.2, 0) is 4.79 Å². The normalized spacial score (nSPS) is 16.2. The quantitative estimate of drug-likeness (QED) is 0.772. The summed E-state index contributed by atoms with van der Waals surface area (Å²) < 4.78 is 0. The van der Waals surface area contributed by atoms with E-state index in [1.807, 2.05) is 30.5 Å². The van der Waals surface area contributed by atoms with Crippen molar-refractivity contribution >= 4 is 22.8 Å². The molecule has 0 spiro atoms. The number of nitrogens with one attached hydrogen (secondary N) is 2. The summed E-state index contributed by atoms with van der Waals surface area (Å²) in [4.78, 5) is 26.5. The number of fused-ring (bicyclic) bond motifs is 1. The van der Waals surface area contributed by atoms with Crippen molar-refractivity contribution in [3.05, 3.63) is 42.9 Å². The molecular weight excluding hydrogens is 314 g/mol. The Bertz CT molecular complexity index is 881. The minimum Gasteiger partial charge on any atom is -0.345 e. The molecule has 0 aromatic carbocycles. The first-order valence-electron chi connectivity index (χ1n) is 8.58. The first-order chi connectivity index (χ1) is 12.2. The zero-order valence-corrected chi connectivity index (χ0v) is 14.2. The standard InChI is InChI=1S/C19H21N5O/c1-24-10-6-14(7-11-24)19(25)23-17-3-2-15-16(12-21-18(15)22-17)13-4-8-20-9-5-13/h2-5,8-9,12,14H,6-7,10-11H2,1H3,(H2,21,22,23,25). The fourth-order valence-electron chi connectivity index (χ4n) is 3.34. The summed E-state index contributed by atoms with van der Waals surface area (Å²) in [6.45, 7) is 1.94. The van der Waals surface area contributed by atoms with Gasteiger partial charge < -0.3 is 15.2 Å². The van der Waals surface area contributed by atoms with Gasteiger partial charge in [0, 0.05) is 35.5 Å². The number of aromatic amines is 1. The Hall–Kier alpha value is -2.73. The number of piperidine rings is 1. The number of carbonyl (C=O) groups is 1. The van der Waals surface area contributed by atoms with Gasteiger partial charge >= 0.3 is 0 Å². The second-order valence-corrected chi connectivity index (χ2v) is 6.60. The van der Waals surface area contributed by atoms with Crippen molar-refractivity contribution in [2.45, 2.75) is 12.8 Å². The fraction of sp³-hybridized carbons (Fsp3) is 0.316. The lowest BCUT2D eigenvalue weighted by Gasteiger charge is -2.27. The fourth-order valence-corrected chi connectivity index (χ4v) is 3.34. The van der Waals surface area contributed by atoms with Gasteiger partial charge in [0.2, 0.25) is 5.91 Å². The third-order valence-electron chi connectivity index (χ3n) is 4.87. The molecule has 6 heteroatoms. The van der Waals surface area contributed by atoms with Crippen molar-refractivity contribution in [2.75, 3.05) is 25.5 Å². The predicted octanol–water partition coefficient (Wildman–Crippen LogP) is 2.91. The molecule has 4 rings (SSSR count). The highest BCUT2D eigenvalue weighted by Gasteiger charge is 2.23. The van der Waals surface area contributed by atoms with Gasteiger partial charge in [0.15, 0.2) is 0 Å². The minimum atomic E-state index is 0.0702. The number of hydrogen-bond donors (Lipinski definition) is 2. The molecule has 2 N–H and O–H groups in total. The van der Waals surface area contributed by atoms with E-state index >= 15 is 0 Å². The molecule has 3 aromatic heterocycles. The summed E-state index contributed by atoms with van der Waals surface area (Å²) in [6, 6.07) is 7.81. The molecule has 1 aliphatic rings. The van der Waals surface area contributed by atoms with Gasteiger partial charge in [-0.1, -0.05) is 0 Å². The van der Waals surface area contributed by atoms with Crippen molar-refractivity contribution in [1.29, 1.82) is 0 Å². The van der Waals surface area contributed by atoms with Crippen molar-refractivity contribution in [1.82, 2.24) is 19.9 Å². The largest absolute Gasteiger partial charge is 0.345 e. The summed E-state index contributed by atoms with van der Waals surface area (Å²) in [5.41, 5.74) is 2.94. The SMILES string of the molecule is CN1CCC(C(=O)Nc2ccc3c(-c4ccncc4)c[nH]c3n2)CC1. The summed E-state index contributed by atoms with van der Waals surface area (Å²) in [5, 5.41) is 4.00. The lowest BCUT2D eigenvalue weighted by molar-refractivity contribution is -0.121. The maximum atomic E-state index is 12.5. The molecule has 25 heavy (non-hydrogen) atoms. The van der Waals surface area contributed by atoms with Gasteiger partial charge in [0.25, 0.3) is 0 Å². The second kappa shape index (κ2) is 6.64. The number of pyridine rings is 2. The minimum absolute atomic E-state index is 0.0702. The van der Waals surface area contributed by atoms with E-state index in [9.17, 15) is 4.79 Å². The molecule has 1 saturated heterocycles. The Balaban J connectivity index is 1.53. The van der Waals surface area contributed by atoms with E-state index in [2.05, 4.69) is 32.2 Å². The maximum Gasteiger partial charge on any atom is 0.228 e. The summed E-state index contributed by atoms with van der Waals surface area (Å²) in [6.07, 6.45) is 7.30. The summed E-state index contributed by atoms with van der Waals surface area (Å²) in [7, 11) is 2.09. The van der Waals surface area contributed by atoms with Gasteiger partial charge in [-0.2, -0.15) is 0 Å². The van der Waals surface area contributed by atoms with Gasteiger partial charge in [0.1, 0.15) is 11.5 Å². The molecule has 4 heterocycles. The smallest absolute Gasteiger partial charge is 0.228 e. The third-order valence-corrected chi connectivity index (χ3v) is 4.87. The lowest BCUT2D eigenvalue weighted by atomic mass is 9.96. The van der Waals surface area contributed by atoms with E-state index in [0.717, 1.165) is 48.1 Å². The maximum absolute atomic E-state index is 12.5. The van der Waals surface area contributed by atoms with Crippen LogP contribution in [0, 0.1) is 5.92 Å². The number of anilines is 1. The Morgan fingerprint density at radius 3 is 2.72 bits per heavy atom. The lowest BCUT2D eigenvalue weighted by Crippen LogP contribution is -2.36. The molecular formula is C19H21N5O. The molecule has 0 saturated carbocycles. The van der Waals surface area contributed by atoms with Crippen LogP contribution in [-0.4, -0.2) is 45.9 Å². The molecule has 0 aliphatic carbocycles. The highest BCUT2D eigenvalue weighted by atomic mass is 16.1. The van der Waals surface area contributed by atoms with Crippen molar-refractivity contribution in [3.63, 3.8) is 0 Å². The topological polar surface area (TPSA) is 73.9 Å². The summed E-state index contributed by atoms with van der Waals surface area (Å²) in [5.74, 6) is 0.741. The van der Waals surface area contributed by atoms with Crippen LogP contribution in [0.15, 0.2) is 42.9 Å². The number of carbonyl (C=O) groups excluding carboxylic acids is 1. The van der Waals surface area contributed by atoms with Gasteiger partial charge in [-0.3, -0.25) is 9.78 Å². The van der Waals surface area contributed by atoms with Gasteiger partial charge in [-0.25, -0.2) is 4.98 Å². The number of likely N-dealkylation sites (tertiary alicyclic amines) is 1. The van der Waals surface area contributed by atoms with Crippen LogP contribution in [0.25, 0.3) is 22.2 Å². The van der Waals surface area contributed by atoms with Crippen LogP contribution in [0.2, 0.25) is 0 Å². The number of aromatic nitrogens is 3. The average Bonchev–Trinajstić information content (AvgIpc) is 3.06. The monoisotopic (exact) mass is 335 g/mol. The number of hydrogen-bond acceptors (Lipinski definition) is 4. The highest BCUT2D eigenvalue weighted by Crippen LogP contribution is 2.28. The molecule has 1 fully saturated rings.